The van der Waals surface area contributed by atoms with E-state index in [1.54, 1.807) is 11.3 Å². The summed E-state index contributed by atoms with van der Waals surface area (Å²) >= 11 is 1.60. The van der Waals surface area contributed by atoms with E-state index in [9.17, 15) is 0 Å². The Morgan fingerprint density at radius 3 is 0.949 bits per heavy atom. The van der Waals surface area contributed by atoms with Gasteiger partial charge in [0.2, 0.25) is 0 Å². The van der Waals surface area contributed by atoms with Gasteiger partial charge in [0.15, 0.2) is 0 Å². The van der Waals surface area contributed by atoms with Crippen LogP contribution in [0, 0.1) is 71.0 Å². The lowest BCUT2D eigenvalue weighted by molar-refractivity contribution is 0.275. The summed E-state index contributed by atoms with van der Waals surface area (Å²) in [6, 6.07) is 36.3. The first-order valence-electron chi connectivity index (χ1n) is 21.5. The number of hydrogen-bond acceptors (Lipinski definition) is 3. The molecule has 1 heterocycles. The zero-order valence-corrected chi connectivity index (χ0v) is 36.8. The quantitative estimate of drug-likeness (QED) is 0.0926. The lowest BCUT2D eigenvalue weighted by atomic mass is 9.98. The van der Waals surface area contributed by atoms with Crippen LogP contribution in [-0.2, 0) is 0 Å². The van der Waals surface area contributed by atoms with Gasteiger partial charge < -0.3 is 9.47 Å². The summed E-state index contributed by atoms with van der Waals surface area (Å²) in [5.41, 5.74) is 5.74. The lowest BCUT2D eigenvalue weighted by Crippen LogP contribution is -2.04. The van der Waals surface area contributed by atoms with Gasteiger partial charge in [0.25, 0.3) is 0 Å². The molecule has 0 saturated carbocycles. The second kappa shape index (κ2) is 24.4. The Balaban J connectivity index is 1.03. The summed E-state index contributed by atoms with van der Waals surface area (Å²) in [5, 5.41) is 0. The number of hydrogen-bond donors (Lipinski definition) is 0. The van der Waals surface area contributed by atoms with Crippen LogP contribution < -0.4 is 9.47 Å². The third-order valence-electron chi connectivity index (χ3n) is 10.2. The summed E-state index contributed by atoms with van der Waals surface area (Å²) in [5.74, 6) is 30.9. The Morgan fingerprint density at radius 2 is 0.644 bits per heavy atom. The van der Waals surface area contributed by atoms with Gasteiger partial charge in [-0.05, 0) is 146 Å². The number of benzene rings is 4. The molecule has 0 aliphatic rings. The zero-order valence-electron chi connectivity index (χ0n) is 36.0. The van der Waals surface area contributed by atoms with E-state index in [-0.39, 0.29) is 0 Å². The highest BCUT2D eigenvalue weighted by Crippen LogP contribution is 2.20. The summed E-state index contributed by atoms with van der Waals surface area (Å²) in [6.07, 6.45) is 9.94. The molecule has 3 heteroatoms. The lowest BCUT2D eigenvalue weighted by Gasteiger charge is -2.13. The molecule has 59 heavy (non-hydrogen) atoms. The van der Waals surface area contributed by atoms with Crippen LogP contribution in [0.25, 0.3) is 0 Å². The summed E-state index contributed by atoms with van der Waals surface area (Å²) in [7, 11) is 0. The van der Waals surface area contributed by atoms with Crippen molar-refractivity contribution in [1.82, 2.24) is 0 Å². The Kier molecular flexibility index (Phi) is 18.4. The van der Waals surface area contributed by atoms with Gasteiger partial charge in [-0.25, -0.2) is 0 Å². The highest BCUT2D eigenvalue weighted by atomic mass is 32.1. The molecule has 0 bridgehead atoms. The van der Waals surface area contributed by atoms with Gasteiger partial charge in [0.1, 0.15) is 11.5 Å². The second-order valence-electron chi connectivity index (χ2n) is 16.5. The summed E-state index contributed by atoms with van der Waals surface area (Å²) in [4.78, 5) is 1.96. The third-order valence-corrected chi connectivity index (χ3v) is 11.1. The standard InChI is InChI=1S/C56H60O2S/c1-43(2)9-7-11-45(5)39-41-57-53-31-25-51(26-32-53)23-17-47-13-19-49(20-14-47)29-35-55-37-38-56(59-55)36-30-50-21-15-48(16-22-50)18-24-52-27-33-54(34-28-52)58-42-40-46(6)12-8-10-44(3)4/h13-16,19-22,25-28,31-34,37-38,43-46H,7-12,39-42H2,1-6H3. The number of rotatable bonds is 16. The first kappa shape index (κ1) is 44.5. The van der Waals surface area contributed by atoms with Crippen molar-refractivity contribution in [2.45, 2.75) is 92.9 Å². The maximum Gasteiger partial charge on any atom is 0.119 e. The zero-order chi connectivity index (χ0) is 41.7. The van der Waals surface area contributed by atoms with E-state index in [0.29, 0.717) is 11.8 Å². The van der Waals surface area contributed by atoms with Crippen LogP contribution >= 0.6 is 11.3 Å². The van der Waals surface area contributed by atoms with Crippen molar-refractivity contribution in [2.24, 2.45) is 23.7 Å². The van der Waals surface area contributed by atoms with Gasteiger partial charge in [-0.15, -0.1) is 11.3 Å². The molecule has 5 rings (SSSR count). The molecule has 2 unspecified atom stereocenters. The topological polar surface area (TPSA) is 18.5 Å². The minimum absolute atomic E-state index is 0.693. The number of ether oxygens (including phenoxy) is 2. The van der Waals surface area contributed by atoms with Crippen LogP contribution in [0.2, 0.25) is 0 Å². The molecule has 5 aromatic rings. The second-order valence-corrected chi connectivity index (χ2v) is 17.6. The molecule has 2 atom stereocenters. The molecule has 0 amide bonds. The molecule has 1 aromatic heterocycles. The van der Waals surface area contributed by atoms with Crippen LogP contribution in [0.3, 0.4) is 0 Å². The van der Waals surface area contributed by atoms with Crippen LogP contribution in [0.5, 0.6) is 11.5 Å². The van der Waals surface area contributed by atoms with Gasteiger partial charge in [0.05, 0.1) is 23.0 Å². The molecular weight excluding hydrogens is 737 g/mol. The monoisotopic (exact) mass is 796 g/mol. The minimum atomic E-state index is 0.693. The maximum atomic E-state index is 5.99. The van der Waals surface area contributed by atoms with Gasteiger partial charge in [-0.1, -0.05) is 127 Å². The van der Waals surface area contributed by atoms with Crippen molar-refractivity contribution >= 4 is 11.3 Å². The van der Waals surface area contributed by atoms with E-state index in [0.717, 1.165) is 92.5 Å². The van der Waals surface area contributed by atoms with E-state index in [4.69, 9.17) is 9.47 Å². The molecular formula is C56H60O2S. The summed E-state index contributed by atoms with van der Waals surface area (Å²) in [6.45, 7) is 15.3. The highest BCUT2D eigenvalue weighted by Gasteiger charge is 2.06. The van der Waals surface area contributed by atoms with E-state index < -0.39 is 0 Å². The molecule has 0 aliphatic carbocycles. The fourth-order valence-electron chi connectivity index (χ4n) is 6.36. The highest BCUT2D eigenvalue weighted by molar-refractivity contribution is 7.13. The fraction of sp³-hybridized carbons (Fsp3) is 0.357. The van der Waals surface area contributed by atoms with Gasteiger partial charge in [0, 0.05) is 33.4 Å². The van der Waals surface area contributed by atoms with Crippen LogP contribution in [0.15, 0.2) is 109 Å². The molecule has 0 saturated heterocycles. The average Bonchev–Trinajstić information content (AvgIpc) is 3.70. The molecule has 302 valence electrons. The van der Waals surface area contributed by atoms with Crippen molar-refractivity contribution in [3.05, 3.63) is 152 Å². The predicted molar refractivity (Wildman–Crippen MR) is 250 cm³/mol. The van der Waals surface area contributed by atoms with Crippen molar-refractivity contribution < 1.29 is 9.47 Å². The Labute approximate surface area is 360 Å². The SMILES string of the molecule is CC(C)CCCC(C)CCOc1ccc(C#Cc2ccc(C#Cc3ccc(C#Cc4ccc(C#Cc5ccc(OCCC(C)CCCC(C)C)cc5)cc4)s3)cc2)cc1. The van der Waals surface area contributed by atoms with Crippen LogP contribution in [-0.4, -0.2) is 13.2 Å². The largest absolute Gasteiger partial charge is 0.494 e. The maximum absolute atomic E-state index is 5.99. The van der Waals surface area contributed by atoms with E-state index in [1.807, 2.05) is 109 Å². The molecule has 4 aromatic carbocycles. The van der Waals surface area contributed by atoms with Crippen LogP contribution in [0.1, 0.15) is 136 Å². The molecule has 0 spiro atoms. The van der Waals surface area contributed by atoms with E-state index in [2.05, 4.69) is 88.9 Å². The predicted octanol–water partition coefficient (Wildman–Crippen LogP) is 13.8. The molecule has 0 radical (unpaired) electrons. The molecule has 0 fully saturated rings. The molecule has 0 N–H and O–H groups in total. The van der Waals surface area contributed by atoms with Gasteiger partial charge >= 0.3 is 0 Å². The number of thiophene rings is 1. The van der Waals surface area contributed by atoms with Crippen LogP contribution in [0.4, 0.5) is 0 Å². The van der Waals surface area contributed by atoms with Crippen molar-refractivity contribution in [1.29, 1.82) is 0 Å². The van der Waals surface area contributed by atoms with Gasteiger partial charge in [-0.3, -0.25) is 0 Å². The summed E-state index contributed by atoms with van der Waals surface area (Å²) < 4.78 is 12.0. The smallest absolute Gasteiger partial charge is 0.119 e. The first-order valence-corrected chi connectivity index (χ1v) is 22.3. The van der Waals surface area contributed by atoms with Gasteiger partial charge in [-0.2, -0.15) is 0 Å². The third kappa shape index (κ3) is 17.4. The Hall–Kier alpha value is -5.58. The Bertz CT molecular complexity index is 2100. The van der Waals surface area contributed by atoms with Crippen molar-refractivity contribution in [2.75, 3.05) is 13.2 Å². The van der Waals surface area contributed by atoms with Crippen molar-refractivity contribution in [3.63, 3.8) is 0 Å². The fourth-order valence-corrected chi connectivity index (χ4v) is 7.08. The first-order chi connectivity index (χ1) is 28.7. The average molecular weight is 797 g/mol. The minimum Gasteiger partial charge on any atom is -0.494 e. The van der Waals surface area contributed by atoms with E-state index in [1.165, 1.54) is 38.5 Å². The molecule has 0 aliphatic heterocycles. The van der Waals surface area contributed by atoms with E-state index >= 15 is 0 Å². The van der Waals surface area contributed by atoms with Crippen molar-refractivity contribution in [3.8, 4) is 58.9 Å². The Morgan fingerprint density at radius 1 is 0.356 bits per heavy atom. The normalized spacial score (nSPS) is 11.5. The molecule has 2 nitrogen and oxygen atoms in total.